The summed E-state index contributed by atoms with van der Waals surface area (Å²) in [6.07, 6.45) is -5.21. The Labute approximate surface area is 177 Å². The number of aliphatic carboxylic acids is 1. The van der Waals surface area contributed by atoms with Crippen LogP contribution in [0, 0.1) is 13.8 Å². The maximum absolute atomic E-state index is 13.4. The number of hydrogen-bond acceptors (Lipinski definition) is 6. The Morgan fingerprint density at radius 2 is 1.94 bits per heavy atom. The highest BCUT2D eigenvalue weighted by Crippen LogP contribution is 2.37. The van der Waals surface area contributed by atoms with Crippen LogP contribution in [-0.2, 0) is 26.9 Å². The van der Waals surface area contributed by atoms with E-state index in [-0.39, 0.29) is 17.7 Å². The van der Waals surface area contributed by atoms with E-state index in [1.807, 2.05) is 6.92 Å². The number of benzene rings is 1. The zero-order valence-electron chi connectivity index (χ0n) is 17.4. The molecule has 0 spiro atoms. The second-order valence-electron chi connectivity index (χ2n) is 7.25. The Bertz CT molecular complexity index is 960. The van der Waals surface area contributed by atoms with Gasteiger partial charge in [0.05, 0.1) is 42.5 Å². The largest absolute Gasteiger partial charge is 0.481 e. The number of carboxylic acid groups (broad SMARTS) is 1. The van der Waals surface area contributed by atoms with Gasteiger partial charge in [-0.25, -0.2) is 9.97 Å². The molecule has 2 aromatic rings. The normalized spacial score (nSPS) is 15.8. The molecule has 1 saturated heterocycles. The van der Waals surface area contributed by atoms with Crippen molar-refractivity contribution in [2.45, 2.75) is 52.1 Å². The first-order chi connectivity index (χ1) is 14.6. The average molecular weight is 439 g/mol. The first kappa shape index (κ1) is 23.0. The van der Waals surface area contributed by atoms with Crippen molar-refractivity contribution < 1.29 is 32.5 Å². The summed E-state index contributed by atoms with van der Waals surface area (Å²) < 4.78 is 51.3. The van der Waals surface area contributed by atoms with E-state index in [1.54, 1.807) is 13.0 Å². The molecule has 0 bridgehead atoms. The monoisotopic (exact) mass is 439 g/mol. The lowest BCUT2D eigenvalue weighted by atomic mass is 9.94. The first-order valence-electron chi connectivity index (χ1n) is 9.87. The third kappa shape index (κ3) is 5.13. The fourth-order valence-corrected chi connectivity index (χ4v) is 3.70. The lowest BCUT2D eigenvalue weighted by Gasteiger charge is -2.25. The van der Waals surface area contributed by atoms with Crippen LogP contribution in [0.2, 0.25) is 0 Å². The SMILES string of the molecule is CC[C@@H](Nc1nc(C)nc(CC(=O)O)c1C1OCCO1)c1cccc(C(F)(F)F)c1C. The van der Waals surface area contributed by atoms with E-state index in [9.17, 15) is 23.1 Å². The Hall–Kier alpha value is -2.72. The summed E-state index contributed by atoms with van der Waals surface area (Å²) >= 11 is 0. The van der Waals surface area contributed by atoms with Crippen molar-refractivity contribution in [3.63, 3.8) is 0 Å². The summed E-state index contributed by atoms with van der Waals surface area (Å²) in [5.74, 6) is -0.459. The molecule has 1 fully saturated rings. The highest BCUT2D eigenvalue weighted by Gasteiger charge is 2.34. The van der Waals surface area contributed by atoms with Crippen LogP contribution in [0.15, 0.2) is 18.2 Å². The van der Waals surface area contributed by atoms with Crippen LogP contribution in [0.3, 0.4) is 0 Å². The number of nitrogens with zero attached hydrogens (tertiary/aromatic N) is 2. The van der Waals surface area contributed by atoms with Crippen LogP contribution in [0.25, 0.3) is 0 Å². The number of nitrogens with one attached hydrogen (secondary N) is 1. The van der Waals surface area contributed by atoms with E-state index in [4.69, 9.17) is 9.47 Å². The van der Waals surface area contributed by atoms with Crippen LogP contribution in [0.4, 0.5) is 19.0 Å². The number of alkyl halides is 3. The van der Waals surface area contributed by atoms with Crippen molar-refractivity contribution in [2.75, 3.05) is 18.5 Å². The number of carboxylic acids is 1. The van der Waals surface area contributed by atoms with Gasteiger partial charge in [-0.3, -0.25) is 4.79 Å². The van der Waals surface area contributed by atoms with Gasteiger partial charge >= 0.3 is 12.1 Å². The number of ether oxygens (including phenoxy) is 2. The van der Waals surface area contributed by atoms with Crippen molar-refractivity contribution in [3.05, 3.63) is 52.0 Å². The fraction of sp³-hybridized carbons (Fsp3) is 0.476. The smallest absolute Gasteiger partial charge is 0.416 e. The molecule has 168 valence electrons. The number of carbonyl (C=O) groups is 1. The molecular weight excluding hydrogens is 415 g/mol. The van der Waals surface area contributed by atoms with Gasteiger partial charge in [0, 0.05) is 0 Å². The van der Waals surface area contributed by atoms with Crippen molar-refractivity contribution in [1.82, 2.24) is 9.97 Å². The number of rotatable bonds is 7. The second kappa shape index (κ2) is 9.19. The number of anilines is 1. The first-order valence-corrected chi connectivity index (χ1v) is 9.87. The number of aryl methyl sites for hydroxylation is 1. The molecule has 0 unspecified atom stereocenters. The highest BCUT2D eigenvalue weighted by molar-refractivity contribution is 5.71. The highest BCUT2D eigenvalue weighted by atomic mass is 19.4. The van der Waals surface area contributed by atoms with Gasteiger partial charge in [-0.05, 0) is 37.5 Å². The van der Waals surface area contributed by atoms with Crippen LogP contribution in [0.5, 0.6) is 0 Å². The molecular formula is C21H24F3N3O4. The molecule has 3 rings (SSSR count). The summed E-state index contributed by atoms with van der Waals surface area (Å²) in [6.45, 7) is 5.55. The molecule has 2 heterocycles. The Balaban J connectivity index is 2.06. The van der Waals surface area contributed by atoms with E-state index in [2.05, 4.69) is 15.3 Å². The quantitative estimate of drug-likeness (QED) is 0.663. The Morgan fingerprint density at radius 3 is 2.52 bits per heavy atom. The van der Waals surface area contributed by atoms with E-state index >= 15 is 0 Å². The van der Waals surface area contributed by atoms with Gasteiger partial charge in [0.15, 0.2) is 6.29 Å². The van der Waals surface area contributed by atoms with Gasteiger partial charge in [-0.2, -0.15) is 13.2 Å². The minimum absolute atomic E-state index is 0.126. The van der Waals surface area contributed by atoms with Crippen LogP contribution >= 0.6 is 0 Å². The molecule has 31 heavy (non-hydrogen) atoms. The zero-order chi connectivity index (χ0) is 22.8. The van der Waals surface area contributed by atoms with Crippen LogP contribution < -0.4 is 5.32 Å². The van der Waals surface area contributed by atoms with Crippen molar-refractivity contribution in [2.24, 2.45) is 0 Å². The van der Waals surface area contributed by atoms with E-state index < -0.39 is 30.0 Å². The van der Waals surface area contributed by atoms with E-state index in [0.717, 1.165) is 6.07 Å². The van der Waals surface area contributed by atoms with Gasteiger partial charge in [-0.1, -0.05) is 19.1 Å². The van der Waals surface area contributed by atoms with Gasteiger partial charge in [0.25, 0.3) is 0 Å². The van der Waals surface area contributed by atoms with E-state index in [0.29, 0.717) is 42.4 Å². The third-order valence-corrected chi connectivity index (χ3v) is 5.09. The van der Waals surface area contributed by atoms with Gasteiger partial charge in [0.2, 0.25) is 0 Å². The molecule has 0 aliphatic carbocycles. The Kier molecular flexibility index (Phi) is 6.80. The predicted molar refractivity (Wildman–Crippen MR) is 106 cm³/mol. The Morgan fingerprint density at radius 1 is 1.26 bits per heavy atom. The minimum Gasteiger partial charge on any atom is -0.481 e. The number of hydrogen-bond donors (Lipinski definition) is 2. The lowest BCUT2D eigenvalue weighted by Crippen LogP contribution is -2.20. The molecule has 10 heteroatoms. The molecule has 1 aromatic carbocycles. The lowest BCUT2D eigenvalue weighted by molar-refractivity contribution is -0.138. The summed E-state index contributed by atoms with van der Waals surface area (Å²) in [5.41, 5.74) is 0.505. The zero-order valence-corrected chi connectivity index (χ0v) is 17.4. The van der Waals surface area contributed by atoms with Gasteiger partial charge in [-0.15, -0.1) is 0 Å². The van der Waals surface area contributed by atoms with E-state index in [1.165, 1.54) is 13.0 Å². The van der Waals surface area contributed by atoms with Crippen molar-refractivity contribution in [3.8, 4) is 0 Å². The molecule has 0 saturated carbocycles. The maximum atomic E-state index is 13.4. The molecule has 1 aliphatic heterocycles. The molecule has 2 N–H and O–H groups in total. The maximum Gasteiger partial charge on any atom is 0.416 e. The molecule has 0 amide bonds. The second-order valence-corrected chi connectivity index (χ2v) is 7.25. The number of aromatic nitrogens is 2. The van der Waals surface area contributed by atoms with Gasteiger partial charge in [0.1, 0.15) is 11.6 Å². The summed E-state index contributed by atoms with van der Waals surface area (Å²) in [5, 5.41) is 12.5. The fourth-order valence-electron chi connectivity index (χ4n) is 3.70. The van der Waals surface area contributed by atoms with Gasteiger partial charge < -0.3 is 19.9 Å². The van der Waals surface area contributed by atoms with Crippen molar-refractivity contribution >= 4 is 11.8 Å². The molecule has 1 aromatic heterocycles. The van der Waals surface area contributed by atoms with Crippen LogP contribution in [-0.4, -0.2) is 34.3 Å². The molecule has 1 atom stereocenters. The molecule has 1 aliphatic rings. The van der Waals surface area contributed by atoms with Crippen molar-refractivity contribution in [1.29, 1.82) is 0 Å². The molecule has 7 nitrogen and oxygen atoms in total. The number of halogens is 3. The minimum atomic E-state index is -4.46. The standard InChI is InChI=1S/C21H24F3N3O4/c1-4-15(13-6-5-7-14(11(13)2)21(22,23)24)27-19-18(20-30-8-9-31-20)16(10-17(28)29)25-12(3)26-19/h5-7,15,20H,4,8-10H2,1-3H3,(H,28,29)(H,25,26,27)/t15-/m1/s1. The summed E-state index contributed by atoms with van der Waals surface area (Å²) in [6, 6.07) is 3.56. The van der Waals surface area contributed by atoms with Crippen LogP contribution in [0.1, 0.15) is 59.4 Å². The summed E-state index contributed by atoms with van der Waals surface area (Å²) in [4.78, 5) is 20.0. The summed E-state index contributed by atoms with van der Waals surface area (Å²) in [7, 11) is 0. The third-order valence-electron chi connectivity index (χ3n) is 5.09. The average Bonchev–Trinajstić information content (AvgIpc) is 3.19. The topological polar surface area (TPSA) is 93.6 Å². The predicted octanol–water partition coefficient (Wildman–Crippen LogP) is 4.35. The molecule has 0 radical (unpaired) electrons.